The van der Waals surface area contributed by atoms with Gasteiger partial charge in [-0.3, -0.25) is 4.79 Å². The molecule has 0 aliphatic heterocycles. The van der Waals surface area contributed by atoms with E-state index in [1.807, 2.05) is 26.8 Å². The van der Waals surface area contributed by atoms with E-state index in [0.29, 0.717) is 16.7 Å². The maximum absolute atomic E-state index is 11.9. The second-order valence-electron chi connectivity index (χ2n) is 5.54. The van der Waals surface area contributed by atoms with Crippen molar-refractivity contribution < 1.29 is 13.9 Å². The number of fused-ring (bicyclic) bond motifs is 1. The van der Waals surface area contributed by atoms with Gasteiger partial charge in [-0.15, -0.1) is 0 Å². The minimum Gasteiger partial charge on any atom is -0.461 e. The van der Waals surface area contributed by atoms with E-state index in [4.69, 9.17) is 14.9 Å². The van der Waals surface area contributed by atoms with Crippen LogP contribution in [0.5, 0.6) is 0 Å². The first-order valence-electron chi connectivity index (χ1n) is 7.42. The molecule has 5 nitrogen and oxygen atoms in total. The molecule has 2 aromatic rings. The summed E-state index contributed by atoms with van der Waals surface area (Å²) >= 11 is 0. The lowest BCUT2D eigenvalue weighted by molar-refractivity contribution is -0.149. The van der Waals surface area contributed by atoms with Gasteiger partial charge in [0, 0.05) is 17.1 Å². The molecule has 2 rings (SSSR count). The molecule has 0 amide bonds. The third kappa shape index (κ3) is 3.30. The van der Waals surface area contributed by atoms with Crippen molar-refractivity contribution in [3.8, 4) is 0 Å². The highest BCUT2D eigenvalue weighted by molar-refractivity contribution is 5.90. The van der Waals surface area contributed by atoms with Crippen LogP contribution in [0.2, 0.25) is 0 Å². The van der Waals surface area contributed by atoms with E-state index in [-0.39, 0.29) is 18.5 Å². The number of hydrogen-bond donors (Lipinski definition) is 1. The van der Waals surface area contributed by atoms with Crippen LogP contribution in [0.15, 0.2) is 27.4 Å². The molecular weight excluding hydrogens is 282 g/mol. The number of rotatable bonds is 5. The summed E-state index contributed by atoms with van der Waals surface area (Å²) in [5.41, 5.74) is 7.73. The van der Waals surface area contributed by atoms with E-state index >= 15 is 0 Å². The minimum atomic E-state index is -0.487. The van der Waals surface area contributed by atoms with Gasteiger partial charge in [0.25, 0.3) is 0 Å². The molecule has 0 saturated carbocycles. The van der Waals surface area contributed by atoms with Gasteiger partial charge in [-0.25, -0.2) is 4.79 Å². The number of carbonyl (C=O) groups is 1. The Kier molecular flexibility index (Phi) is 4.85. The van der Waals surface area contributed by atoms with Crippen molar-refractivity contribution in [3.63, 3.8) is 0 Å². The van der Waals surface area contributed by atoms with Crippen LogP contribution in [0.4, 0.5) is 5.69 Å². The Labute approximate surface area is 129 Å². The van der Waals surface area contributed by atoms with Crippen LogP contribution < -0.4 is 11.4 Å². The van der Waals surface area contributed by atoms with Gasteiger partial charge in [0.05, 0.1) is 5.92 Å². The Bertz CT molecular complexity index is 748. The maximum atomic E-state index is 11.9. The first-order valence-corrected chi connectivity index (χ1v) is 7.42. The summed E-state index contributed by atoms with van der Waals surface area (Å²) in [5, 5.41) is 0.687. The number of nitrogen functional groups attached to an aromatic ring is 1. The fraction of sp³-hybridized carbons (Fsp3) is 0.412. The first kappa shape index (κ1) is 16.1. The number of carbonyl (C=O) groups excluding carboxylic acids is 1. The summed E-state index contributed by atoms with van der Waals surface area (Å²) < 4.78 is 10.6. The molecular formula is C17H21NO4. The smallest absolute Gasteiger partial charge is 0.338 e. The van der Waals surface area contributed by atoms with Gasteiger partial charge >= 0.3 is 11.6 Å². The second kappa shape index (κ2) is 6.64. The van der Waals surface area contributed by atoms with Gasteiger partial charge in [0.2, 0.25) is 0 Å². The molecule has 1 aromatic carbocycles. The van der Waals surface area contributed by atoms with Crippen molar-refractivity contribution >= 4 is 22.6 Å². The van der Waals surface area contributed by atoms with Crippen LogP contribution in [0.1, 0.15) is 37.8 Å². The zero-order chi connectivity index (χ0) is 16.3. The average Bonchev–Trinajstić information content (AvgIpc) is 2.47. The average molecular weight is 303 g/mol. The predicted octanol–water partition coefficient (Wildman–Crippen LogP) is 3.16. The molecule has 0 bridgehead atoms. The van der Waals surface area contributed by atoms with Crippen LogP contribution in [0.25, 0.3) is 11.0 Å². The lowest BCUT2D eigenvalue weighted by atomic mass is 10.0. The summed E-state index contributed by atoms with van der Waals surface area (Å²) in [4.78, 5) is 23.3. The molecule has 0 spiro atoms. The van der Waals surface area contributed by atoms with E-state index in [0.717, 1.165) is 24.0 Å². The van der Waals surface area contributed by atoms with E-state index in [9.17, 15) is 9.59 Å². The third-order valence-corrected chi connectivity index (χ3v) is 3.80. The Hall–Kier alpha value is -2.30. The molecule has 1 atom stereocenters. The standard InChI is InChI=1S/C17H21NO4/c1-4-5-10(2)17(20)21-9-12-6-7-13-14(18)8-15(19)22-16(13)11(12)3/h6-8,10H,4-5,9,18H2,1-3H3. The third-order valence-electron chi connectivity index (χ3n) is 3.80. The molecule has 0 aliphatic carbocycles. The molecule has 1 unspecified atom stereocenters. The van der Waals surface area contributed by atoms with Crippen molar-refractivity contribution in [2.45, 2.75) is 40.2 Å². The largest absolute Gasteiger partial charge is 0.461 e. The molecule has 1 heterocycles. The first-order chi connectivity index (χ1) is 10.4. The van der Waals surface area contributed by atoms with Gasteiger partial charge in [-0.2, -0.15) is 0 Å². The Morgan fingerprint density at radius 1 is 1.41 bits per heavy atom. The van der Waals surface area contributed by atoms with Crippen molar-refractivity contribution in [1.29, 1.82) is 0 Å². The fourth-order valence-electron chi connectivity index (χ4n) is 2.42. The molecule has 22 heavy (non-hydrogen) atoms. The molecule has 118 valence electrons. The Balaban J connectivity index is 2.24. The van der Waals surface area contributed by atoms with Gasteiger partial charge in [0.15, 0.2) is 0 Å². The molecule has 0 aliphatic rings. The lowest BCUT2D eigenvalue weighted by Gasteiger charge is -2.13. The SMILES string of the molecule is CCCC(C)C(=O)OCc1ccc2c(N)cc(=O)oc2c1C. The van der Waals surface area contributed by atoms with Crippen LogP contribution in [0, 0.1) is 12.8 Å². The molecule has 0 saturated heterocycles. The van der Waals surface area contributed by atoms with E-state index in [1.165, 1.54) is 6.07 Å². The number of hydrogen-bond acceptors (Lipinski definition) is 5. The van der Waals surface area contributed by atoms with Gasteiger partial charge < -0.3 is 14.9 Å². The number of aryl methyl sites for hydroxylation is 1. The number of anilines is 1. The summed E-state index contributed by atoms with van der Waals surface area (Å²) in [7, 11) is 0. The molecule has 0 fully saturated rings. The van der Waals surface area contributed by atoms with Crippen molar-refractivity contribution in [2.24, 2.45) is 5.92 Å². The van der Waals surface area contributed by atoms with E-state index in [1.54, 1.807) is 6.07 Å². The molecule has 5 heteroatoms. The predicted molar refractivity (Wildman–Crippen MR) is 85.5 cm³/mol. The van der Waals surface area contributed by atoms with Gasteiger partial charge in [-0.05, 0) is 30.5 Å². The fourth-order valence-corrected chi connectivity index (χ4v) is 2.42. The number of esters is 1. The number of nitrogens with two attached hydrogens (primary N) is 1. The maximum Gasteiger partial charge on any atom is 0.338 e. The number of ether oxygens (including phenoxy) is 1. The van der Waals surface area contributed by atoms with Crippen LogP contribution in [-0.4, -0.2) is 5.97 Å². The quantitative estimate of drug-likeness (QED) is 0.677. The molecule has 0 radical (unpaired) electrons. The highest BCUT2D eigenvalue weighted by Gasteiger charge is 2.15. The summed E-state index contributed by atoms with van der Waals surface area (Å²) in [5.74, 6) is -0.324. The summed E-state index contributed by atoms with van der Waals surface area (Å²) in [6, 6.07) is 4.87. The number of benzene rings is 1. The Morgan fingerprint density at radius 3 is 2.82 bits per heavy atom. The van der Waals surface area contributed by atoms with Crippen molar-refractivity contribution in [3.05, 3.63) is 39.7 Å². The zero-order valence-corrected chi connectivity index (χ0v) is 13.1. The normalized spacial score (nSPS) is 12.3. The highest BCUT2D eigenvalue weighted by Crippen LogP contribution is 2.25. The second-order valence-corrected chi connectivity index (χ2v) is 5.54. The molecule has 1 aromatic heterocycles. The van der Waals surface area contributed by atoms with Crippen molar-refractivity contribution in [2.75, 3.05) is 5.73 Å². The van der Waals surface area contributed by atoms with E-state index < -0.39 is 5.63 Å². The Morgan fingerprint density at radius 2 is 2.14 bits per heavy atom. The van der Waals surface area contributed by atoms with Gasteiger partial charge in [-0.1, -0.05) is 26.3 Å². The van der Waals surface area contributed by atoms with E-state index in [2.05, 4.69) is 0 Å². The minimum absolute atomic E-state index is 0.112. The topological polar surface area (TPSA) is 82.5 Å². The monoisotopic (exact) mass is 303 g/mol. The summed E-state index contributed by atoms with van der Waals surface area (Å²) in [6.45, 7) is 5.87. The molecule has 2 N–H and O–H groups in total. The van der Waals surface area contributed by atoms with Gasteiger partial charge in [0.1, 0.15) is 12.2 Å². The van der Waals surface area contributed by atoms with Crippen LogP contribution in [0.3, 0.4) is 0 Å². The van der Waals surface area contributed by atoms with Crippen LogP contribution >= 0.6 is 0 Å². The highest BCUT2D eigenvalue weighted by atomic mass is 16.5. The summed E-state index contributed by atoms with van der Waals surface area (Å²) in [6.07, 6.45) is 1.75. The zero-order valence-electron chi connectivity index (χ0n) is 13.1. The van der Waals surface area contributed by atoms with Crippen LogP contribution in [-0.2, 0) is 16.1 Å². The van der Waals surface area contributed by atoms with Crippen molar-refractivity contribution in [1.82, 2.24) is 0 Å². The lowest BCUT2D eigenvalue weighted by Crippen LogP contribution is -2.14.